The number of nitrogens with two attached hydrogens (primary N) is 1. The molecule has 0 saturated carbocycles. The standard InChI is InChI=1S/C14H24N2O2S/c1-10(2)8-19-9-11(16-15)14-12(17-3)6-5-7-13(14)18-4/h5-7,10-11,16H,8-9,15H2,1-4H3. The summed E-state index contributed by atoms with van der Waals surface area (Å²) in [6.45, 7) is 4.42. The quantitative estimate of drug-likeness (QED) is 0.567. The van der Waals surface area contributed by atoms with Crippen molar-refractivity contribution < 1.29 is 9.47 Å². The molecule has 0 aliphatic rings. The molecular weight excluding hydrogens is 260 g/mol. The minimum atomic E-state index is 0.00912. The van der Waals surface area contributed by atoms with E-state index in [1.807, 2.05) is 30.0 Å². The van der Waals surface area contributed by atoms with Crippen molar-refractivity contribution in [2.24, 2.45) is 11.8 Å². The van der Waals surface area contributed by atoms with Gasteiger partial charge in [0.05, 0.1) is 25.8 Å². The third-order valence-corrected chi connectivity index (χ3v) is 4.22. The second kappa shape index (κ2) is 8.30. The molecule has 1 unspecified atom stereocenters. The molecule has 5 heteroatoms. The molecule has 1 aromatic rings. The molecule has 0 fully saturated rings. The maximum absolute atomic E-state index is 5.69. The molecule has 4 nitrogen and oxygen atoms in total. The first-order valence-corrected chi connectivity index (χ1v) is 7.54. The molecule has 0 amide bonds. The Morgan fingerprint density at radius 3 is 2.16 bits per heavy atom. The molecule has 0 spiro atoms. The van der Waals surface area contributed by atoms with Gasteiger partial charge in [-0.05, 0) is 23.8 Å². The van der Waals surface area contributed by atoms with Crippen molar-refractivity contribution in [3.63, 3.8) is 0 Å². The van der Waals surface area contributed by atoms with Gasteiger partial charge in [0.1, 0.15) is 11.5 Å². The van der Waals surface area contributed by atoms with Crippen molar-refractivity contribution in [3.8, 4) is 11.5 Å². The fourth-order valence-corrected chi connectivity index (χ4v) is 2.97. The lowest BCUT2D eigenvalue weighted by atomic mass is 10.1. The second-order valence-corrected chi connectivity index (χ2v) is 5.80. The Bertz CT molecular complexity index is 363. The average molecular weight is 284 g/mol. The normalized spacial score (nSPS) is 12.5. The summed E-state index contributed by atoms with van der Waals surface area (Å²) < 4.78 is 10.8. The highest BCUT2D eigenvalue weighted by atomic mass is 32.2. The summed E-state index contributed by atoms with van der Waals surface area (Å²) in [5, 5.41) is 0. The first kappa shape index (κ1) is 16.1. The van der Waals surface area contributed by atoms with Crippen molar-refractivity contribution in [1.29, 1.82) is 0 Å². The van der Waals surface area contributed by atoms with Gasteiger partial charge in [-0.25, -0.2) is 0 Å². The Hall–Kier alpha value is -0.910. The zero-order valence-corrected chi connectivity index (χ0v) is 12.9. The minimum Gasteiger partial charge on any atom is -0.496 e. The zero-order chi connectivity index (χ0) is 14.3. The smallest absolute Gasteiger partial charge is 0.127 e. The fraction of sp³-hybridized carbons (Fsp3) is 0.571. The van der Waals surface area contributed by atoms with Crippen LogP contribution >= 0.6 is 11.8 Å². The molecule has 1 aromatic carbocycles. The van der Waals surface area contributed by atoms with Crippen LogP contribution in [-0.4, -0.2) is 25.7 Å². The van der Waals surface area contributed by atoms with E-state index in [9.17, 15) is 0 Å². The molecule has 0 bridgehead atoms. The van der Waals surface area contributed by atoms with E-state index in [4.69, 9.17) is 15.3 Å². The Labute approximate surface area is 120 Å². The first-order chi connectivity index (χ1) is 9.13. The number of hydrazine groups is 1. The molecule has 0 radical (unpaired) electrons. The van der Waals surface area contributed by atoms with Crippen molar-refractivity contribution in [1.82, 2.24) is 5.43 Å². The number of thioether (sulfide) groups is 1. The molecule has 1 atom stereocenters. The van der Waals surface area contributed by atoms with E-state index in [-0.39, 0.29) is 6.04 Å². The van der Waals surface area contributed by atoms with Gasteiger partial charge in [-0.15, -0.1) is 0 Å². The number of ether oxygens (including phenoxy) is 2. The third-order valence-electron chi connectivity index (χ3n) is 2.75. The van der Waals surface area contributed by atoms with Crippen molar-refractivity contribution in [2.45, 2.75) is 19.9 Å². The molecule has 0 aliphatic heterocycles. The molecule has 19 heavy (non-hydrogen) atoms. The summed E-state index contributed by atoms with van der Waals surface area (Å²) in [6.07, 6.45) is 0. The van der Waals surface area contributed by atoms with Gasteiger partial charge in [0.2, 0.25) is 0 Å². The molecule has 0 aliphatic carbocycles. The summed E-state index contributed by atoms with van der Waals surface area (Å²) in [4.78, 5) is 0. The molecule has 3 N–H and O–H groups in total. The number of methoxy groups -OCH3 is 2. The van der Waals surface area contributed by atoms with E-state index in [0.717, 1.165) is 28.6 Å². The summed E-state index contributed by atoms with van der Waals surface area (Å²) in [7, 11) is 3.32. The van der Waals surface area contributed by atoms with Crippen LogP contribution in [0, 0.1) is 5.92 Å². The number of hydrogen-bond donors (Lipinski definition) is 2. The monoisotopic (exact) mass is 284 g/mol. The van der Waals surface area contributed by atoms with Crippen LogP contribution in [0.15, 0.2) is 18.2 Å². The lowest BCUT2D eigenvalue weighted by Crippen LogP contribution is -2.30. The van der Waals surface area contributed by atoms with Crippen LogP contribution < -0.4 is 20.7 Å². The second-order valence-electron chi connectivity index (χ2n) is 4.73. The predicted octanol–water partition coefficient (Wildman–Crippen LogP) is 2.60. The van der Waals surface area contributed by atoms with Gasteiger partial charge in [-0.3, -0.25) is 11.3 Å². The van der Waals surface area contributed by atoms with Crippen LogP contribution in [0.2, 0.25) is 0 Å². The maximum Gasteiger partial charge on any atom is 0.127 e. The number of rotatable bonds is 8. The van der Waals surface area contributed by atoms with Gasteiger partial charge in [0.15, 0.2) is 0 Å². The Balaban J connectivity index is 2.89. The highest BCUT2D eigenvalue weighted by Crippen LogP contribution is 2.35. The average Bonchev–Trinajstić information content (AvgIpc) is 2.42. The Morgan fingerprint density at radius 2 is 1.74 bits per heavy atom. The van der Waals surface area contributed by atoms with Crippen molar-refractivity contribution >= 4 is 11.8 Å². The molecule has 1 rings (SSSR count). The van der Waals surface area contributed by atoms with E-state index < -0.39 is 0 Å². The molecule has 108 valence electrons. The fourth-order valence-electron chi connectivity index (χ4n) is 1.86. The highest BCUT2D eigenvalue weighted by molar-refractivity contribution is 7.99. The predicted molar refractivity (Wildman–Crippen MR) is 81.8 cm³/mol. The molecule has 0 saturated heterocycles. The van der Waals surface area contributed by atoms with E-state index >= 15 is 0 Å². The zero-order valence-electron chi connectivity index (χ0n) is 12.1. The number of hydrogen-bond acceptors (Lipinski definition) is 5. The number of benzene rings is 1. The van der Waals surface area contributed by atoms with E-state index in [2.05, 4.69) is 19.3 Å². The molecule has 0 heterocycles. The topological polar surface area (TPSA) is 56.5 Å². The molecule has 0 aromatic heterocycles. The summed E-state index contributed by atoms with van der Waals surface area (Å²) in [6, 6.07) is 5.77. The van der Waals surface area contributed by atoms with Crippen LogP contribution in [0.3, 0.4) is 0 Å². The van der Waals surface area contributed by atoms with Crippen LogP contribution in [0.1, 0.15) is 25.5 Å². The third kappa shape index (κ3) is 4.60. The summed E-state index contributed by atoms with van der Waals surface area (Å²) >= 11 is 1.87. The van der Waals surface area contributed by atoms with Gasteiger partial charge >= 0.3 is 0 Å². The van der Waals surface area contributed by atoms with Crippen LogP contribution in [0.5, 0.6) is 11.5 Å². The lowest BCUT2D eigenvalue weighted by molar-refractivity contribution is 0.375. The van der Waals surface area contributed by atoms with Gasteiger partial charge in [0, 0.05) is 5.75 Å². The Morgan fingerprint density at radius 1 is 1.16 bits per heavy atom. The van der Waals surface area contributed by atoms with Crippen LogP contribution in [-0.2, 0) is 0 Å². The van der Waals surface area contributed by atoms with Gasteiger partial charge in [0.25, 0.3) is 0 Å². The van der Waals surface area contributed by atoms with Crippen molar-refractivity contribution in [2.75, 3.05) is 25.7 Å². The van der Waals surface area contributed by atoms with E-state index in [1.54, 1.807) is 14.2 Å². The minimum absolute atomic E-state index is 0.00912. The maximum atomic E-state index is 5.69. The first-order valence-electron chi connectivity index (χ1n) is 6.38. The summed E-state index contributed by atoms with van der Waals surface area (Å²) in [5.74, 6) is 9.95. The van der Waals surface area contributed by atoms with Crippen LogP contribution in [0.4, 0.5) is 0 Å². The van der Waals surface area contributed by atoms with Crippen molar-refractivity contribution in [3.05, 3.63) is 23.8 Å². The van der Waals surface area contributed by atoms with E-state index in [0.29, 0.717) is 5.92 Å². The Kier molecular flexibility index (Phi) is 7.05. The highest BCUT2D eigenvalue weighted by Gasteiger charge is 2.19. The van der Waals surface area contributed by atoms with Gasteiger partial charge in [-0.1, -0.05) is 19.9 Å². The van der Waals surface area contributed by atoms with Gasteiger partial charge < -0.3 is 9.47 Å². The summed E-state index contributed by atoms with van der Waals surface area (Å²) in [5.41, 5.74) is 3.84. The van der Waals surface area contributed by atoms with E-state index in [1.165, 1.54) is 0 Å². The van der Waals surface area contributed by atoms with Gasteiger partial charge in [-0.2, -0.15) is 11.8 Å². The van der Waals surface area contributed by atoms with Crippen LogP contribution in [0.25, 0.3) is 0 Å². The largest absolute Gasteiger partial charge is 0.496 e. The molecular formula is C14H24N2O2S. The SMILES string of the molecule is COc1cccc(OC)c1C(CSCC(C)C)NN. The number of nitrogens with one attached hydrogen (secondary N) is 1. The lowest BCUT2D eigenvalue weighted by Gasteiger charge is -2.21.